The lowest BCUT2D eigenvalue weighted by Crippen LogP contribution is -2.36. The van der Waals surface area contributed by atoms with Crippen molar-refractivity contribution in [1.82, 2.24) is 0 Å². The number of amides is 1. The number of likely N-dealkylation sites (N-methyl/N-ethyl adjacent to an activating group) is 1. The van der Waals surface area contributed by atoms with Crippen molar-refractivity contribution in [3.8, 4) is 0 Å². The van der Waals surface area contributed by atoms with Crippen LogP contribution in [0.4, 0.5) is 5.69 Å². The van der Waals surface area contributed by atoms with E-state index in [9.17, 15) is 9.59 Å². The number of carbonyl (C=O) groups is 2. The number of anilines is 1. The van der Waals surface area contributed by atoms with Crippen LogP contribution in [0.15, 0.2) is 36.4 Å². The van der Waals surface area contributed by atoms with Gasteiger partial charge in [0.2, 0.25) is 0 Å². The van der Waals surface area contributed by atoms with Crippen molar-refractivity contribution in [2.45, 2.75) is 0 Å². The van der Waals surface area contributed by atoms with Crippen LogP contribution in [0.25, 0.3) is 0 Å². The second kappa shape index (κ2) is 2.80. The van der Waals surface area contributed by atoms with Crippen LogP contribution in [0.5, 0.6) is 0 Å². The van der Waals surface area contributed by atoms with Gasteiger partial charge in [-0.2, -0.15) is 0 Å². The number of Topliss-reactive ketones (excluding diaryl/α,β-unsaturated/α-hetero) is 1. The zero-order valence-corrected chi connectivity index (χ0v) is 7.78. The van der Waals surface area contributed by atoms with Crippen molar-refractivity contribution in [1.29, 1.82) is 0 Å². The third kappa shape index (κ3) is 0.988. The fourth-order valence-electron chi connectivity index (χ4n) is 1.53. The Kier molecular flexibility index (Phi) is 1.74. The van der Waals surface area contributed by atoms with E-state index in [2.05, 4.69) is 6.58 Å². The third-order valence-electron chi connectivity index (χ3n) is 2.35. The van der Waals surface area contributed by atoms with Gasteiger partial charge in [-0.1, -0.05) is 18.7 Å². The van der Waals surface area contributed by atoms with Gasteiger partial charge >= 0.3 is 0 Å². The summed E-state index contributed by atoms with van der Waals surface area (Å²) in [7, 11) is 1.64. The lowest BCUT2D eigenvalue weighted by molar-refractivity contribution is -0.114. The molecule has 1 aliphatic heterocycles. The van der Waals surface area contributed by atoms with E-state index in [0.717, 1.165) is 0 Å². The number of benzene rings is 1. The van der Waals surface area contributed by atoms with Crippen molar-refractivity contribution in [3.63, 3.8) is 0 Å². The van der Waals surface area contributed by atoms with E-state index in [0.29, 0.717) is 11.3 Å². The van der Waals surface area contributed by atoms with Crippen molar-refractivity contribution in [2.75, 3.05) is 11.9 Å². The molecule has 1 heterocycles. The Bertz CT molecular complexity index is 448. The largest absolute Gasteiger partial charge is 0.311 e. The zero-order chi connectivity index (χ0) is 10.3. The fourth-order valence-corrected chi connectivity index (χ4v) is 1.53. The smallest absolute Gasteiger partial charge is 0.261 e. The van der Waals surface area contributed by atoms with Crippen molar-refractivity contribution in [3.05, 3.63) is 42.0 Å². The standard InChI is InChI=1S/C11H9NO2/c1-7-10(13)8-5-3-4-6-9(8)12(2)11(7)14/h3-6H,1H2,2H3. The highest BCUT2D eigenvalue weighted by Gasteiger charge is 2.30. The summed E-state index contributed by atoms with van der Waals surface area (Å²) in [6, 6.07) is 7.01. The number of nitrogens with zero attached hydrogens (tertiary/aromatic N) is 1. The topological polar surface area (TPSA) is 37.4 Å². The van der Waals surface area contributed by atoms with Crippen LogP contribution < -0.4 is 4.90 Å². The monoisotopic (exact) mass is 187 g/mol. The lowest BCUT2D eigenvalue weighted by atomic mass is 9.97. The summed E-state index contributed by atoms with van der Waals surface area (Å²) in [6.45, 7) is 3.48. The summed E-state index contributed by atoms with van der Waals surface area (Å²) >= 11 is 0. The molecule has 0 radical (unpaired) electrons. The van der Waals surface area contributed by atoms with E-state index in [4.69, 9.17) is 0 Å². The molecule has 0 N–H and O–H groups in total. The molecule has 1 amide bonds. The number of hydrogen-bond donors (Lipinski definition) is 0. The maximum absolute atomic E-state index is 11.6. The van der Waals surface area contributed by atoms with E-state index in [1.54, 1.807) is 31.3 Å². The molecular weight excluding hydrogens is 178 g/mol. The average molecular weight is 187 g/mol. The van der Waals surface area contributed by atoms with Gasteiger partial charge in [0, 0.05) is 12.6 Å². The number of hydrogen-bond acceptors (Lipinski definition) is 2. The highest BCUT2D eigenvalue weighted by Crippen LogP contribution is 2.27. The second-order valence-corrected chi connectivity index (χ2v) is 3.19. The summed E-state index contributed by atoms with van der Waals surface area (Å²) in [6.07, 6.45) is 0. The summed E-state index contributed by atoms with van der Waals surface area (Å²) in [5.41, 5.74) is 1.22. The maximum Gasteiger partial charge on any atom is 0.261 e. The van der Waals surface area contributed by atoms with Gasteiger partial charge in [-0.15, -0.1) is 0 Å². The van der Waals surface area contributed by atoms with E-state index < -0.39 is 0 Å². The predicted molar refractivity (Wildman–Crippen MR) is 53.3 cm³/mol. The minimum Gasteiger partial charge on any atom is -0.311 e. The highest BCUT2D eigenvalue weighted by molar-refractivity contribution is 6.34. The Morgan fingerprint density at radius 2 is 1.86 bits per heavy atom. The molecule has 1 aliphatic rings. The molecule has 0 aromatic heterocycles. The van der Waals surface area contributed by atoms with Crippen LogP contribution in [-0.4, -0.2) is 18.7 Å². The van der Waals surface area contributed by atoms with Crippen LogP contribution in [-0.2, 0) is 4.79 Å². The Labute approximate surface area is 81.6 Å². The molecule has 0 saturated heterocycles. The van der Waals surface area contributed by atoms with Gasteiger partial charge in [0.1, 0.15) is 0 Å². The summed E-state index contributed by atoms with van der Waals surface area (Å²) in [4.78, 5) is 24.6. The number of para-hydroxylation sites is 1. The SMILES string of the molecule is C=C1C(=O)c2ccccc2N(C)C1=O. The normalized spacial score (nSPS) is 15.8. The molecule has 0 unspecified atom stereocenters. The molecule has 0 bridgehead atoms. The van der Waals surface area contributed by atoms with Gasteiger partial charge in [-0.3, -0.25) is 9.59 Å². The van der Waals surface area contributed by atoms with Crippen LogP contribution >= 0.6 is 0 Å². The molecule has 14 heavy (non-hydrogen) atoms. The maximum atomic E-state index is 11.6. The molecule has 0 saturated carbocycles. The molecule has 0 spiro atoms. The lowest BCUT2D eigenvalue weighted by Gasteiger charge is -2.25. The predicted octanol–water partition coefficient (Wildman–Crippen LogP) is 1.40. The molecule has 3 nitrogen and oxygen atoms in total. The number of rotatable bonds is 0. The van der Waals surface area contributed by atoms with Crippen molar-refractivity contribution in [2.24, 2.45) is 0 Å². The van der Waals surface area contributed by atoms with Crippen LogP contribution in [0.3, 0.4) is 0 Å². The first-order valence-electron chi connectivity index (χ1n) is 4.23. The van der Waals surface area contributed by atoms with Crippen molar-refractivity contribution < 1.29 is 9.59 Å². The molecule has 2 rings (SSSR count). The van der Waals surface area contributed by atoms with E-state index >= 15 is 0 Å². The number of fused-ring (bicyclic) bond motifs is 1. The minimum absolute atomic E-state index is 0.0335. The molecule has 1 aromatic rings. The molecule has 0 aliphatic carbocycles. The molecular formula is C11H9NO2. The Morgan fingerprint density at radius 3 is 2.57 bits per heavy atom. The van der Waals surface area contributed by atoms with Gasteiger partial charge in [0.05, 0.1) is 11.3 Å². The third-order valence-corrected chi connectivity index (χ3v) is 2.35. The van der Waals surface area contributed by atoms with Gasteiger partial charge in [0.15, 0.2) is 5.78 Å². The first kappa shape index (κ1) is 8.69. The molecule has 1 aromatic carbocycles. The summed E-state index contributed by atoms with van der Waals surface area (Å²) < 4.78 is 0. The van der Waals surface area contributed by atoms with Gasteiger partial charge < -0.3 is 4.90 Å². The molecule has 0 fully saturated rings. The van der Waals surface area contributed by atoms with Crippen LogP contribution in [0.2, 0.25) is 0 Å². The van der Waals surface area contributed by atoms with E-state index in [-0.39, 0.29) is 17.3 Å². The average Bonchev–Trinajstić information content (AvgIpc) is 2.23. The fraction of sp³-hybridized carbons (Fsp3) is 0.0909. The first-order chi connectivity index (χ1) is 6.63. The van der Waals surface area contributed by atoms with Gasteiger partial charge in [-0.25, -0.2) is 0 Å². The van der Waals surface area contributed by atoms with Crippen molar-refractivity contribution >= 4 is 17.4 Å². The van der Waals surface area contributed by atoms with E-state index in [1.165, 1.54) is 4.90 Å². The van der Waals surface area contributed by atoms with E-state index in [1.807, 2.05) is 0 Å². The zero-order valence-electron chi connectivity index (χ0n) is 7.78. The summed E-state index contributed by atoms with van der Waals surface area (Å²) in [5.74, 6) is -0.600. The quantitative estimate of drug-likeness (QED) is 0.454. The molecule has 3 heteroatoms. The highest BCUT2D eigenvalue weighted by atomic mass is 16.2. The molecule has 0 atom stereocenters. The van der Waals surface area contributed by atoms with Crippen LogP contribution in [0.1, 0.15) is 10.4 Å². The Hall–Kier alpha value is -1.90. The Balaban J connectivity index is 2.68. The number of ketones is 1. The first-order valence-corrected chi connectivity index (χ1v) is 4.23. The second-order valence-electron chi connectivity index (χ2n) is 3.19. The van der Waals surface area contributed by atoms with Crippen LogP contribution in [0, 0.1) is 0 Å². The summed E-state index contributed by atoms with van der Waals surface area (Å²) in [5, 5.41) is 0. The number of carbonyl (C=O) groups excluding carboxylic acids is 2. The van der Waals surface area contributed by atoms with Gasteiger partial charge in [0.25, 0.3) is 5.91 Å². The minimum atomic E-state index is -0.325. The molecule has 70 valence electrons. The van der Waals surface area contributed by atoms with Gasteiger partial charge in [-0.05, 0) is 12.1 Å². The Morgan fingerprint density at radius 1 is 1.21 bits per heavy atom.